The molecule has 0 bridgehead atoms. The number of aryl methyl sites for hydroxylation is 1. The van der Waals surface area contributed by atoms with E-state index in [2.05, 4.69) is 29.4 Å². The Balaban J connectivity index is 2.95. The fraction of sp³-hybridized carbons (Fsp3) is 0.462. The average molecular weight is 315 g/mol. The van der Waals surface area contributed by atoms with Crippen molar-refractivity contribution in [3.05, 3.63) is 35.1 Å². The maximum Gasteiger partial charge on any atom is 0.270 e. The lowest BCUT2D eigenvalue weighted by atomic mass is 10.3. The van der Waals surface area contributed by atoms with E-state index in [1.54, 1.807) is 11.0 Å². The van der Waals surface area contributed by atoms with E-state index in [0.29, 0.717) is 18.8 Å². The molecule has 0 fully saturated rings. The first kappa shape index (κ1) is 15.0. The minimum Gasteiger partial charge on any atom is -0.395 e. The Morgan fingerprint density at radius 3 is 2.94 bits per heavy atom. The van der Waals surface area contributed by atoms with E-state index in [9.17, 15) is 4.79 Å². The zero-order valence-corrected chi connectivity index (χ0v) is 12.2. The first-order valence-electron chi connectivity index (χ1n) is 6.00. The SMILES string of the molecule is C=CCN(CCO)C(=O)c1cc(Br)cn1CCC. The highest BCUT2D eigenvalue weighted by molar-refractivity contribution is 9.10. The van der Waals surface area contributed by atoms with Gasteiger partial charge in [0.25, 0.3) is 5.91 Å². The van der Waals surface area contributed by atoms with Crippen molar-refractivity contribution in [2.75, 3.05) is 19.7 Å². The van der Waals surface area contributed by atoms with Crippen molar-refractivity contribution in [1.82, 2.24) is 9.47 Å². The number of amides is 1. The van der Waals surface area contributed by atoms with Gasteiger partial charge in [0.2, 0.25) is 0 Å². The predicted octanol–water partition coefficient (Wildman–Crippen LogP) is 2.28. The molecule has 100 valence electrons. The number of hydrogen-bond donors (Lipinski definition) is 1. The Morgan fingerprint density at radius 1 is 1.67 bits per heavy atom. The molecule has 18 heavy (non-hydrogen) atoms. The van der Waals surface area contributed by atoms with E-state index in [1.165, 1.54) is 0 Å². The van der Waals surface area contributed by atoms with Crippen molar-refractivity contribution < 1.29 is 9.90 Å². The lowest BCUT2D eigenvalue weighted by molar-refractivity contribution is 0.0732. The normalized spacial score (nSPS) is 10.4. The van der Waals surface area contributed by atoms with E-state index < -0.39 is 0 Å². The summed E-state index contributed by atoms with van der Waals surface area (Å²) in [5, 5.41) is 8.99. The molecule has 0 spiro atoms. The van der Waals surface area contributed by atoms with E-state index >= 15 is 0 Å². The molecule has 1 heterocycles. The molecule has 0 atom stereocenters. The number of carbonyl (C=O) groups excluding carboxylic acids is 1. The van der Waals surface area contributed by atoms with Crippen LogP contribution >= 0.6 is 15.9 Å². The maximum atomic E-state index is 12.4. The van der Waals surface area contributed by atoms with Gasteiger partial charge in [0.15, 0.2) is 0 Å². The highest BCUT2D eigenvalue weighted by Crippen LogP contribution is 2.17. The Hall–Kier alpha value is -1.07. The lowest BCUT2D eigenvalue weighted by Gasteiger charge is -2.20. The summed E-state index contributed by atoms with van der Waals surface area (Å²) in [5.41, 5.74) is 0.638. The van der Waals surface area contributed by atoms with E-state index in [1.807, 2.05) is 16.8 Å². The molecule has 0 aliphatic carbocycles. The molecule has 4 nitrogen and oxygen atoms in total. The van der Waals surface area contributed by atoms with Gasteiger partial charge in [-0.15, -0.1) is 6.58 Å². The molecule has 0 aliphatic heterocycles. The van der Waals surface area contributed by atoms with E-state index in [4.69, 9.17) is 5.11 Å². The number of aromatic nitrogens is 1. The molecule has 1 aromatic rings. The monoisotopic (exact) mass is 314 g/mol. The highest BCUT2D eigenvalue weighted by atomic mass is 79.9. The molecule has 0 aliphatic rings. The van der Waals surface area contributed by atoms with Crippen molar-refractivity contribution in [1.29, 1.82) is 0 Å². The summed E-state index contributed by atoms with van der Waals surface area (Å²) in [4.78, 5) is 13.9. The van der Waals surface area contributed by atoms with Crippen molar-refractivity contribution >= 4 is 21.8 Å². The summed E-state index contributed by atoms with van der Waals surface area (Å²) < 4.78 is 2.82. The Morgan fingerprint density at radius 2 is 2.39 bits per heavy atom. The second-order valence-electron chi connectivity index (χ2n) is 4.00. The number of nitrogens with zero attached hydrogens (tertiary/aromatic N) is 2. The summed E-state index contributed by atoms with van der Waals surface area (Å²) in [6.07, 6.45) is 4.53. The lowest BCUT2D eigenvalue weighted by Crippen LogP contribution is -2.35. The minimum absolute atomic E-state index is 0.0464. The number of aliphatic hydroxyl groups excluding tert-OH is 1. The Labute approximate surface area is 116 Å². The zero-order chi connectivity index (χ0) is 13.5. The molecule has 1 N–H and O–H groups in total. The largest absolute Gasteiger partial charge is 0.395 e. The molecular weight excluding hydrogens is 296 g/mol. The van der Waals surface area contributed by atoms with Crippen LogP contribution in [0.5, 0.6) is 0 Å². The summed E-state index contributed by atoms with van der Waals surface area (Å²) in [7, 11) is 0. The second-order valence-corrected chi connectivity index (χ2v) is 4.92. The van der Waals surface area contributed by atoms with Crippen molar-refractivity contribution in [2.24, 2.45) is 0 Å². The molecule has 0 saturated heterocycles. The molecule has 0 saturated carbocycles. The smallest absolute Gasteiger partial charge is 0.270 e. The third-order valence-electron chi connectivity index (χ3n) is 2.55. The van der Waals surface area contributed by atoms with Crippen LogP contribution < -0.4 is 0 Å². The van der Waals surface area contributed by atoms with Crippen LogP contribution in [-0.2, 0) is 6.54 Å². The summed E-state index contributed by atoms with van der Waals surface area (Å²) >= 11 is 3.39. The number of halogens is 1. The fourth-order valence-electron chi connectivity index (χ4n) is 1.79. The third kappa shape index (κ3) is 3.71. The van der Waals surface area contributed by atoms with Gasteiger partial charge in [0.05, 0.1) is 6.61 Å². The molecular formula is C13H19BrN2O2. The van der Waals surface area contributed by atoms with Crippen LogP contribution in [0.15, 0.2) is 29.4 Å². The van der Waals surface area contributed by atoms with Crippen LogP contribution in [0.2, 0.25) is 0 Å². The fourth-order valence-corrected chi connectivity index (χ4v) is 2.26. The van der Waals surface area contributed by atoms with Gasteiger partial charge in [0.1, 0.15) is 5.69 Å². The molecule has 1 amide bonds. The molecule has 0 radical (unpaired) electrons. The predicted molar refractivity (Wildman–Crippen MR) is 75.6 cm³/mol. The minimum atomic E-state index is -0.0805. The first-order chi connectivity index (χ1) is 8.63. The first-order valence-corrected chi connectivity index (χ1v) is 6.80. The standard InChI is InChI=1S/C13H19BrN2O2/c1-3-5-15(7-8-17)13(18)12-9-11(14)10-16(12)6-4-2/h3,9-10,17H,1,4-8H2,2H3. The van der Waals surface area contributed by atoms with Crippen molar-refractivity contribution in [3.8, 4) is 0 Å². The third-order valence-corrected chi connectivity index (χ3v) is 2.99. The van der Waals surface area contributed by atoms with Gasteiger partial charge in [-0.1, -0.05) is 13.0 Å². The van der Waals surface area contributed by atoms with Crippen LogP contribution in [0.1, 0.15) is 23.8 Å². The maximum absolute atomic E-state index is 12.4. The van der Waals surface area contributed by atoms with Crippen LogP contribution in [0.4, 0.5) is 0 Å². The average Bonchev–Trinajstić information content (AvgIpc) is 2.70. The topological polar surface area (TPSA) is 45.5 Å². The molecule has 5 heteroatoms. The van der Waals surface area contributed by atoms with Gasteiger partial charge >= 0.3 is 0 Å². The van der Waals surface area contributed by atoms with Gasteiger partial charge in [-0.2, -0.15) is 0 Å². The van der Waals surface area contributed by atoms with E-state index in [-0.39, 0.29) is 12.5 Å². The Bertz CT molecular complexity index is 415. The molecule has 1 rings (SSSR count). The van der Waals surface area contributed by atoms with Gasteiger partial charge in [-0.3, -0.25) is 4.79 Å². The van der Waals surface area contributed by atoms with Gasteiger partial charge in [-0.25, -0.2) is 0 Å². The second kappa shape index (κ2) is 7.38. The molecule has 0 aromatic carbocycles. The number of hydrogen-bond acceptors (Lipinski definition) is 2. The van der Waals surface area contributed by atoms with Crippen molar-refractivity contribution in [3.63, 3.8) is 0 Å². The van der Waals surface area contributed by atoms with Crippen LogP contribution in [-0.4, -0.2) is 40.2 Å². The van der Waals surface area contributed by atoms with Gasteiger partial charge in [-0.05, 0) is 28.4 Å². The number of rotatable bonds is 7. The van der Waals surface area contributed by atoms with Crippen molar-refractivity contribution in [2.45, 2.75) is 19.9 Å². The summed E-state index contributed by atoms with van der Waals surface area (Å²) in [6.45, 7) is 7.21. The molecule has 1 aromatic heterocycles. The van der Waals surface area contributed by atoms with Gasteiger partial charge < -0.3 is 14.6 Å². The van der Waals surface area contributed by atoms with Crippen LogP contribution in [0.3, 0.4) is 0 Å². The highest BCUT2D eigenvalue weighted by Gasteiger charge is 2.18. The van der Waals surface area contributed by atoms with E-state index in [0.717, 1.165) is 17.4 Å². The van der Waals surface area contributed by atoms with Crippen LogP contribution in [0.25, 0.3) is 0 Å². The van der Waals surface area contributed by atoms with Crippen LogP contribution in [0, 0.1) is 0 Å². The quantitative estimate of drug-likeness (QED) is 0.785. The molecule has 0 unspecified atom stereocenters. The Kier molecular flexibility index (Phi) is 6.15. The number of carbonyl (C=O) groups is 1. The number of aliphatic hydroxyl groups is 1. The summed E-state index contributed by atoms with van der Waals surface area (Å²) in [5.74, 6) is -0.0805. The zero-order valence-electron chi connectivity index (χ0n) is 10.6. The summed E-state index contributed by atoms with van der Waals surface area (Å²) in [6, 6.07) is 1.81. The van der Waals surface area contributed by atoms with Gasteiger partial charge in [0, 0.05) is 30.3 Å².